The van der Waals surface area contributed by atoms with Crippen LogP contribution in [0, 0.1) is 5.41 Å². The highest BCUT2D eigenvalue weighted by molar-refractivity contribution is 6.33. The van der Waals surface area contributed by atoms with E-state index in [2.05, 4.69) is 0 Å². The highest BCUT2D eigenvalue weighted by Gasteiger charge is 2.45. The van der Waals surface area contributed by atoms with E-state index in [0.717, 1.165) is 5.46 Å². The van der Waals surface area contributed by atoms with Crippen LogP contribution in [-0.4, -0.2) is 19.7 Å². The molecular weight excluding hydrogens is 201 g/mol. The molecule has 0 bridgehead atoms. The molecule has 1 aromatic rings. The van der Waals surface area contributed by atoms with Crippen molar-refractivity contribution in [1.82, 2.24) is 0 Å². The minimum Gasteiger partial charge on any atom is -0.274 e. The number of hydrogen-bond donors (Lipinski definition) is 0. The summed E-state index contributed by atoms with van der Waals surface area (Å²) < 4.78 is 0. The number of rotatable bonds is 1. The van der Waals surface area contributed by atoms with Crippen LogP contribution in [0.2, 0.25) is 0 Å². The molecule has 4 heteroatoms. The molecule has 1 aliphatic rings. The summed E-state index contributed by atoms with van der Waals surface area (Å²) in [5.41, 5.74) is 1.16. The Labute approximate surface area is 95.8 Å². The lowest BCUT2D eigenvalue weighted by molar-refractivity contribution is -0.124. The summed E-state index contributed by atoms with van der Waals surface area (Å²) >= 11 is 0. The van der Waals surface area contributed by atoms with Gasteiger partial charge < -0.3 is 0 Å². The minimum absolute atomic E-state index is 0.108. The Balaban J connectivity index is 2.43. The highest BCUT2D eigenvalue weighted by atomic mass is 16.2. The topological polar surface area (TPSA) is 37.4 Å². The number of imide groups is 1. The lowest BCUT2D eigenvalue weighted by Crippen LogP contribution is -2.33. The zero-order valence-electron chi connectivity index (χ0n) is 9.78. The van der Waals surface area contributed by atoms with Gasteiger partial charge in [-0.1, -0.05) is 31.4 Å². The average Bonchev–Trinajstić information content (AvgIpc) is 2.36. The summed E-state index contributed by atoms with van der Waals surface area (Å²) in [5, 5.41) is 0. The Morgan fingerprint density at radius 3 is 2.50 bits per heavy atom. The maximum atomic E-state index is 12.1. The van der Waals surface area contributed by atoms with E-state index >= 15 is 0 Å². The fraction of sp³-hybridized carbons (Fsp3) is 0.333. The van der Waals surface area contributed by atoms with Crippen molar-refractivity contribution >= 4 is 30.8 Å². The summed E-state index contributed by atoms with van der Waals surface area (Å²) in [4.78, 5) is 25.2. The van der Waals surface area contributed by atoms with E-state index in [1.165, 1.54) is 4.90 Å². The predicted octanol–water partition coefficient (Wildman–Crippen LogP) is 0.235. The highest BCUT2D eigenvalue weighted by Crippen LogP contribution is 2.34. The summed E-state index contributed by atoms with van der Waals surface area (Å²) in [6.07, 6.45) is 0.291. The van der Waals surface area contributed by atoms with Crippen LogP contribution < -0.4 is 10.4 Å². The van der Waals surface area contributed by atoms with E-state index in [9.17, 15) is 9.59 Å². The molecule has 2 rings (SSSR count). The van der Waals surface area contributed by atoms with Gasteiger partial charge in [-0.05, 0) is 12.1 Å². The molecule has 0 aliphatic carbocycles. The van der Waals surface area contributed by atoms with Crippen LogP contribution in [0.1, 0.15) is 20.3 Å². The summed E-state index contributed by atoms with van der Waals surface area (Å²) in [5.74, 6) is -0.219. The molecule has 16 heavy (non-hydrogen) atoms. The second-order valence-electron chi connectivity index (χ2n) is 4.93. The van der Waals surface area contributed by atoms with Crippen molar-refractivity contribution < 1.29 is 9.59 Å². The molecule has 1 heterocycles. The third kappa shape index (κ3) is 1.64. The van der Waals surface area contributed by atoms with E-state index in [4.69, 9.17) is 0 Å². The fourth-order valence-corrected chi connectivity index (χ4v) is 1.98. The zero-order valence-corrected chi connectivity index (χ0v) is 9.78. The number of anilines is 1. The third-order valence-electron chi connectivity index (χ3n) is 2.88. The van der Waals surface area contributed by atoms with E-state index in [-0.39, 0.29) is 11.8 Å². The van der Waals surface area contributed by atoms with Crippen molar-refractivity contribution in [2.24, 2.45) is 5.41 Å². The molecule has 1 fully saturated rings. The maximum absolute atomic E-state index is 12.1. The molecular formula is C12H14BNO2. The molecule has 0 saturated carbocycles. The van der Waals surface area contributed by atoms with Crippen LogP contribution in [0.25, 0.3) is 0 Å². The van der Waals surface area contributed by atoms with Crippen LogP contribution in [0.3, 0.4) is 0 Å². The van der Waals surface area contributed by atoms with Gasteiger partial charge in [0.25, 0.3) is 0 Å². The maximum Gasteiger partial charge on any atom is 0.239 e. The first kappa shape index (κ1) is 10.9. The number of nitrogens with zero attached hydrogens (tertiary/aromatic N) is 1. The van der Waals surface area contributed by atoms with Crippen molar-refractivity contribution in [2.45, 2.75) is 20.3 Å². The molecule has 0 unspecified atom stereocenters. The lowest BCUT2D eigenvalue weighted by Gasteiger charge is -2.18. The average molecular weight is 215 g/mol. The van der Waals surface area contributed by atoms with Gasteiger partial charge in [0.05, 0.1) is 11.1 Å². The number of amides is 2. The molecule has 3 nitrogen and oxygen atoms in total. The molecule has 0 N–H and O–H groups in total. The second-order valence-corrected chi connectivity index (χ2v) is 4.93. The van der Waals surface area contributed by atoms with Gasteiger partial charge in [0, 0.05) is 6.42 Å². The van der Waals surface area contributed by atoms with Crippen molar-refractivity contribution in [3.05, 3.63) is 24.3 Å². The van der Waals surface area contributed by atoms with E-state index in [1.54, 1.807) is 6.07 Å². The smallest absolute Gasteiger partial charge is 0.239 e. The molecule has 1 aromatic carbocycles. The Morgan fingerprint density at radius 1 is 1.31 bits per heavy atom. The second kappa shape index (κ2) is 3.47. The standard InChI is InChI=1S/C12H14BNO2/c1-12(2)7-10(15)14(11(12)16)9-5-3-4-8(13)6-9/h3-6H,7,13H2,1-2H3. The van der Waals surface area contributed by atoms with Crippen LogP contribution >= 0.6 is 0 Å². The fourth-order valence-electron chi connectivity index (χ4n) is 1.98. The van der Waals surface area contributed by atoms with Gasteiger partial charge in [-0.2, -0.15) is 0 Å². The third-order valence-corrected chi connectivity index (χ3v) is 2.88. The van der Waals surface area contributed by atoms with Crippen LogP contribution in [-0.2, 0) is 9.59 Å². The quantitative estimate of drug-likeness (QED) is 0.497. The predicted molar refractivity (Wildman–Crippen MR) is 65.5 cm³/mol. The van der Waals surface area contributed by atoms with E-state index in [1.807, 2.05) is 39.9 Å². The van der Waals surface area contributed by atoms with Gasteiger partial charge in [-0.3, -0.25) is 14.5 Å². The van der Waals surface area contributed by atoms with Gasteiger partial charge in [-0.15, -0.1) is 0 Å². The molecule has 1 saturated heterocycles. The largest absolute Gasteiger partial charge is 0.274 e. The Hall–Kier alpha value is -1.58. The minimum atomic E-state index is -0.569. The first-order valence-electron chi connectivity index (χ1n) is 5.36. The Morgan fingerprint density at radius 2 is 2.00 bits per heavy atom. The molecule has 1 aliphatic heterocycles. The number of benzene rings is 1. The Bertz CT molecular complexity index is 468. The van der Waals surface area contributed by atoms with Gasteiger partial charge >= 0.3 is 0 Å². The van der Waals surface area contributed by atoms with Crippen LogP contribution in [0.5, 0.6) is 0 Å². The van der Waals surface area contributed by atoms with E-state index in [0.29, 0.717) is 12.1 Å². The zero-order chi connectivity index (χ0) is 11.9. The van der Waals surface area contributed by atoms with Crippen molar-refractivity contribution in [3.8, 4) is 0 Å². The summed E-state index contributed by atoms with van der Waals surface area (Å²) in [7, 11) is 1.94. The van der Waals surface area contributed by atoms with Gasteiger partial charge in [0.15, 0.2) is 0 Å². The monoisotopic (exact) mass is 215 g/mol. The number of hydrogen-bond acceptors (Lipinski definition) is 2. The van der Waals surface area contributed by atoms with E-state index < -0.39 is 5.41 Å². The molecule has 0 aromatic heterocycles. The van der Waals surface area contributed by atoms with Crippen LogP contribution in [0.4, 0.5) is 5.69 Å². The molecule has 0 radical (unpaired) electrons. The summed E-state index contributed by atoms with van der Waals surface area (Å²) in [6.45, 7) is 3.62. The first-order chi connectivity index (χ1) is 7.42. The van der Waals surface area contributed by atoms with Gasteiger partial charge in [0.1, 0.15) is 7.85 Å². The summed E-state index contributed by atoms with van der Waals surface area (Å²) in [6, 6.07) is 7.46. The van der Waals surface area contributed by atoms with Crippen molar-refractivity contribution in [2.75, 3.05) is 4.90 Å². The number of carbonyl (C=O) groups excluding carboxylic acids is 2. The van der Waals surface area contributed by atoms with Crippen molar-refractivity contribution in [3.63, 3.8) is 0 Å². The SMILES string of the molecule is Bc1cccc(N2C(=O)CC(C)(C)C2=O)c1. The first-order valence-corrected chi connectivity index (χ1v) is 5.36. The molecule has 0 atom stereocenters. The van der Waals surface area contributed by atoms with Gasteiger partial charge in [-0.25, -0.2) is 0 Å². The Kier molecular flexibility index (Phi) is 2.37. The number of carbonyl (C=O) groups is 2. The molecule has 0 spiro atoms. The van der Waals surface area contributed by atoms with Crippen LogP contribution in [0.15, 0.2) is 24.3 Å². The van der Waals surface area contributed by atoms with Crippen molar-refractivity contribution in [1.29, 1.82) is 0 Å². The lowest BCUT2D eigenvalue weighted by atomic mass is 9.92. The normalized spacial score (nSPS) is 19.2. The molecule has 82 valence electrons. The molecule has 2 amide bonds. The van der Waals surface area contributed by atoms with Gasteiger partial charge in [0.2, 0.25) is 11.8 Å².